The predicted octanol–water partition coefficient (Wildman–Crippen LogP) is 2.72. The molecule has 0 heterocycles. The van der Waals surface area contributed by atoms with E-state index in [0.717, 1.165) is 25.1 Å². The topological polar surface area (TPSA) is 49.6 Å². The standard InChI is InChI=1S/C13H20ClN3O2/c1-15(2)7-4-8-16(3)12-6-5-11(10-14)9-13(12)17(18)19/h5-6,9H,4,7-8,10H2,1-3H3. The van der Waals surface area contributed by atoms with Crippen LogP contribution in [0.5, 0.6) is 0 Å². The maximum absolute atomic E-state index is 11.1. The van der Waals surface area contributed by atoms with Crippen LogP contribution in [0.3, 0.4) is 0 Å². The van der Waals surface area contributed by atoms with Gasteiger partial charge < -0.3 is 9.80 Å². The lowest BCUT2D eigenvalue weighted by atomic mass is 10.1. The van der Waals surface area contributed by atoms with Gasteiger partial charge in [-0.1, -0.05) is 6.07 Å². The predicted molar refractivity (Wildman–Crippen MR) is 79.1 cm³/mol. The summed E-state index contributed by atoms with van der Waals surface area (Å²) in [7, 11) is 5.90. The molecule has 0 N–H and O–H groups in total. The van der Waals surface area contributed by atoms with Gasteiger partial charge in [0.1, 0.15) is 5.69 Å². The lowest BCUT2D eigenvalue weighted by Crippen LogP contribution is -2.24. The first kappa shape index (κ1) is 15.7. The van der Waals surface area contributed by atoms with Gasteiger partial charge in [0.25, 0.3) is 5.69 Å². The summed E-state index contributed by atoms with van der Waals surface area (Å²) in [6, 6.07) is 5.15. The van der Waals surface area contributed by atoms with E-state index in [1.54, 1.807) is 12.1 Å². The van der Waals surface area contributed by atoms with Gasteiger partial charge in [0.2, 0.25) is 0 Å². The van der Waals surface area contributed by atoms with Crippen molar-refractivity contribution >= 4 is 23.0 Å². The van der Waals surface area contributed by atoms with Crippen LogP contribution < -0.4 is 4.90 Å². The van der Waals surface area contributed by atoms with Gasteiger partial charge >= 0.3 is 0 Å². The normalized spacial score (nSPS) is 10.8. The number of benzene rings is 1. The molecule has 0 aromatic heterocycles. The number of nitro groups is 1. The van der Waals surface area contributed by atoms with Gasteiger partial charge in [-0.25, -0.2) is 0 Å². The highest BCUT2D eigenvalue weighted by Gasteiger charge is 2.17. The smallest absolute Gasteiger partial charge is 0.292 e. The molecule has 1 aromatic carbocycles. The van der Waals surface area contributed by atoms with Crippen LogP contribution >= 0.6 is 11.6 Å². The second-order valence-corrected chi connectivity index (χ2v) is 5.06. The lowest BCUT2D eigenvalue weighted by Gasteiger charge is -2.20. The van der Waals surface area contributed by atoms with Crippen LogP contribution in [-0.4, -0.2) is 44.1 Å². The maximum atomic E-state index is 11.1. The monoisotopic (exact) mass is 285 g/mol. The average Bonchev–Trinajstić information content (AvgIpc) is 2.37. The number of alkyl halides is 1. The Morgan fingerprint density at radius 1 is 1.26 bits per heavy atom. The quantitative estimate of drug-likeness (QED) is 0.439. The summed E-state index contributed by atoms with van der Waals surface area (Å²) in [6.07, 6.45) is 0.956. The van der Waals surface area contributed by atoms with E-state index < -0.39 is 0 Å². The van der Waals surface area contributed by atoms with Crippen LogP contribution in [0.4, 0.5) is 11.4 Å². The van der Waals surface area contributed by atoms with Gasteiger partial charge in [-0.05, 0) is 38.7 Å². The Kier molecular flexibility index (Phi) is 6.05. The van der Waals surface area contributed by atoms with Crippen molar-refractivity contribution in [3.8, 4) is 0 Å². The molecule has 1 aromatic rings. The van der Waals surface area contributed by atoms with Crippen molar-refractivity contribution in [2.24, 2.45) is 0 Å². The third kappa shape index (κ3) is 4.69. The van der Waals surface area contributed by atoms with E-state index in [0.29, 0.717) is 5.69 Å². The summed E-state index contributed by atoms with van der Waals surface area (Å²) < 4.78 is 0. The number of hydrogen-bond acceptors (Lipinski definition) is 4. The molecule has 0 aliphatic rings. The second kappa shape index (κ2) is 7.31. The Labute approximate surface area is 118 Å². The SMILES string of the molecule is CN(C)CCCN(C)c1ccc(CCl)cc1[N+](=O)[O-]. The third-order valence-electron chi connectivity index (χ3n) is 2.90. The van der Waals surface area contributed by atoms with Crippen LogP contribution in [0.1, 0.15) is 12.0 Å². The highest BCUT2D eigenvalue weighted by Crippen LogP contribution is 2.29. The number of nitro benzene ring substituents is 1. The summed E-state index contributed by atoms with van der Waals surface area (Å²) in [5.41, 5.74) is 1.52. The summed E-state index contributed by atoms with van der Waals surface area (Å²) >= 11 is 5.71. The molecule has 0 saturated carbocycles. The van der Waals surface area contributed by atoms with E-state index >= 15 is 0 Å². The molecular formula is C13H20ClN3O2. The zero-order valence-electron chi connectivity index (χ0n) is 11.6. The van der Waals surface area contributed by atoms with Gasteiger partial charge in [-0.2, -0.15) is 0 Å². The number of nitrogens with zero attached hydrogens (tertiary/aromatic N) is 3. The average molecular weight is 286 g/mol. The first-order valence-corrected chi connectivity index (χ1v) is 6.68. The Bertz CT molecular complexity index is 438. The van der Waals surface area contributed by atoms with Crippen LogP contribution in [0.15, 0.2) is 18.2 Å². The summed E-state index contributed by atoms with van der Waals surface area (Å²) in [6.45, 7) is 1.73. The first-order chi connectivity index (χ1) is 8.95. The van der Waals surface area contributed by atoms with Gasteiger partial charge in [-0.15, -0.1) is 11.6 Å². The molecule has 19 heavy (non-hydrogen) atoms. The van der Waals surface area contributed by atoms with Crippen molar-refractivity contribution < 1.29 is 4.92 Å². The minimum atomic E-state index is -0.353. The van der Waals surface area contributed by atoms with Gasteiger partial charge in [0, 0.05) is 25.5 Å². The maximum Gasteiger partial charge on any atom is 0.292 e. The van der Waals surface area contributed by atoms with Crippen LogP contribution in [0, 0.1) is 10.1 Å². The number of rotatable bonds is 7. The highest BCUT2D eigenvalue weighted by atomic mass is 35.5. The Balaban J connectivity index is 2.83. The fourth-order valence-corrected chi connectivity index (χ4v) is 2.03. The van der Waals surface area contributed by atoms with Gasteiger partial charge in [-0.3, -0.25) is 10.1 Å². The molecule has 0 saturated heterocycles. The highest BCUT2D eigenvalue weighted by molar-refractivity contribution is 6.17. The van der Waals surface area contributed by atoms with E-state index in [4.69, 9.17) is 11.6 Å². The van der Waals surface area contributed by atoms with Crippen molar-refractivity contribution in [3.05, 3.63) is 33.9 Å². The Hall–Kier alpha value is -1.33. The van der Waals surface area contributed by atoms with E-state index in [-0.39, 0.29) is 16.5 Å². The molecule has 0 radical (unpaired) electrons. The molecule has 0 aliphatic heterocycles. The summed E-state index contributed by atoms with van der Waals surface area (Å²) in [4.78, 5) is 14.8. The third-order valence-corrected chi connectivity index (χ3v) is 3.21. The molecule has 0 fully saturated rings. The zero-order chi connectivity index (χ0) is 14.4. The fourth-order valence-electron chi connectivity index (χ4n) is 1.87. The van der Waals surface area contributed by atoms with E-state index in [9.17, 15) is 10.1 Å². The van der Waals surface area contributed by atoms with Crippen molar-refractivity contribution in [2.45, 2.75) is 12.3 Å². The first-order valence-electron chi connectivity index (χ1n) is 6.15. The molecule has 1 rings (SSSR count). The summed E-state index contributed by atoms with van der Waals surface area (Å²) in [5, 5.41) is 11.1. The number of halogens is 1. The lowest BCUT2D eigenvalue weighted by molar-refractivity contribution is -0.384. The van der Waals surface area contributed by atoms with Gasteiger partial charge in [0.15, 0.2) is 0 Å². The zero-order valence-corrected chi connectivity index (χ0v) is 12.4. The Morgan fingerprint density at radius 2 is 1.95 bits per heavy atom. The largest absolute Gasteiger partial charge is 0.369 e. The van der Waals surface area contributed by atoms with Crippen molar-refractivity contribution in [1.29, 1.82) is 0 Å². The fraction of sp³-hybridized carbons (Fsp3) is 0.538. The van der Waals surface area contributed by atoms with Crippen molar-refractivity contribution in [2.75, 3.05) is 39.1 Å². The van der Waals surface area contributed by atoms with Crippen molar-refractivity contribution in [1.82, 2.24) is 4.90 Å². The van der Waals surface area contributed by atoms with E-state index in [1.165, 1.54) is 0 Å². The minimum absolute atomic E-state index is 0.116. The summed E-state index contributed by atoms with van der Waals surface area (Å²) in [5.74, 6) is 0.283. The number of hydrogen-bond donors (Lipinski definition) is 0. The molecule has 5 nitrogen and oxygen atoms in total. The molecule has 0 spiro atoms. The molecule has 0 bridgehead atoms. The molecule has 0 atom stereocenters. The molecule has 106 valence electrons. The molecule has 0 aliphatic carbocycles. The van der Waals surface area contributed by atoms with Crippen molar-refractivity contribution in [3.63, 3.8) is 0 Å². The number of anilines is 1. The molecule has 0 amide bonds. The van der Waals surface area contributed by atoms with Crippen LogP contribution in [0.2, 0.25) is 0 Å². The van der Waals surface area contributed by atoms with E-state index in [2.05, 4.69) is 4.90 Å². The van der Waals surface area contributed by atoms with Crippen LogP contribution in [-0.2, 0) is 5.88 Å². The molecule has 6 heteroatoms. The van der Waals surface area contributed by atoms with E-state index in [1.807, 2.05) is 32.1 Å². The van der Waals surface area contributed by atoms with Crippen LogP contribution in [0.25, 0.3) is 0 Å². The second-order valence-electron chi connectivity index (χ2n) is 4.79. The van der Waals surface area contributed by atoms with Gasteiger partial charge in [0.05, 0.1) is 4.92 Å². The molecule has 0 unspecified atom stereocenters. The minimum Gasteiger partial charge on any atom is -0.369 e. The molecular weight excluding hydrogens is 266 g/mol. The Morgan fingerprint density at radius 3 is 2.47 bits per heavy atom.